The highest BCUT2D eigenvalue weighted by molar-refractivity contribution is 5.91. The Morgan fingerprint density at radius 2 is 1.95 bits per heavy atom. The zero-order valence-corrected chi connectivity index (χ0v) is 11.9. The number of benzene rings is 1. The number of fused-ring (bicyclic) bond motifs is 1. The lowest BCUT2D eigenvalue weighted by atomic mass is 10.2. The Morgan fingerprint density at radius 3 is 2.81 bits per heavy atom. The molecular formula is C14H17N7. The summed E-state index contributed by atoms with van der Waals surface area (Å²) in [5.74, 6) is 1.47. The molecule has 1 aliphatic rings. The van der Waals surface area contributed by atoms with Gasteiger partial charge in [-0.2, -0.15) is 10.1 Å². The summed E-state index contributed by atoms with van der Waals surface area (Å²) in [6, 6.07) is 8.14. The van der Waals surface area contributed by atoms with E-state index in [4.69, 9.17) is 0 Å². The highest BCUT2D eigenvalue weighted by Crippen LogP contribution is 2.25. The van der Waals surface area contributed by atoms with Crippen LogP contribution >= 0.6 is 0 Å². The highest BCUT2D eigenvalue weighted by atomic mass is 15.4. The number of H-pyrrole nitrogens is 1. The van der Waals surface area contributed by atoms with Crippen LogP contribution in [0.4, 0.5) is 5.95 Å². The lowest BCUT2D eigenvalue weighted by Gasteiger charge is -2.25. The summed E-state index contributed by atoms with van der Waals surface area (Å²) in [5, 5.41) is 16.4. The van der Waals surface area contributed by atoms with Crippen LogP contribution in [0.5, 0.6) is 0 Å². The fourth-order valence-corrected chi connectivity index (χ4v) is 2.75. The van der Waals surface area contributed by atoms with E-state index in [-0.39, 0.29) is 0 Å². The molecule has 21 heavy (non-hydrogen) atoms. The zero-order chi connectivity index (χ0) is 14.2. The van der Waals surface area contributed by atoms with Crippen LogP contribution in [-0.4, -0.2) is 51.1 Å². The molecule has 7 heteroatoms. The fourth-order valence-electron chi connectivity index (χ4n) is 2.75. The molecule has 3 heterocycles. The van der Waals surface area contributed by atoms with Crippen molar-refractivity contribution in [3.8, 4) is 11.5 Å². The smallest absolute Gasteiger partial charge is 0.245 e. The Morgan fingerprint density at radius 1 is 1.14 bits per heavy atom. The van der Waals surface area contributed by atoms with Crippen molar-refractivity contribution in [1.82, 2.24) is 30.3 Å². The van der Waals surface area contributed by atoms with Crippen molar-refractivity contribution in [2.24, 2.45) is 7.05 Å². The van der Waals surface area contributed by atoms with Gasteiger partial charge in [0.25, 0.3) is 0 Å². The summed E-state index contributed by atoms with van der Waals surface area (Å²) in [7, 11) is 1.94. The third kappa shape index (κ3) is 2.06. The number of rotatable bonds is 2. The van der Waals surface area contributed by atoms with Crippen LogP contribution in [0.1, 0.15) is 0 Å². The molecule has 0 amide bonds. The normalized spacial score (nSPS) is 15.8. The number of hydrogen-bond acceptors (Lipinski definition) is 5. The summed E-state index contributed by atoms with van der Waals surface area (Å²) in [6.07, 6.45) is 0. The zero-order valence-electron chi connectivity index (χ0n) is 11.9. The van der Waals surface area contributed by atoms with Gasteiger partial charge in [0, 0.05) is 38.6 Å². The molecule has 0 unspecified atom stereocenters. The van der Waals surface area contributed by atoms with Gasteiger partial charge in [-0.15, -0.1) is 5.10 Å². The minimum atomic E-state index is 0.723. The Bertz CT molecular complexity index is 767. The molecule has 7 nitrogen and oxygen atoms in total. The van der Waals surface area contributed by atoms with Crippen molar-refractivity contribution in [3.63, 3.8) is 0 Å². The Labute approximate surface area is 122 Å². The standard InChI is InChI=1S/C14H17N7/c1-20-11-5-3-2-4-10(11)12(19-20)13-16-14(18-17-13)21-8-6-15-7-9-21/h2-5,15H,6-9H2,1H3,(H,16,17,18). The molecular weight excluding hydrogens is 266 g/mol. The molecule has 1 aromatic carbocycles. The van der Waals surface area contributed by atoms with Gasteiger partial charge in [0.1, 0.15) is 5.69 Å². The molecule has 2 aromatic heterocycles. The largest absolute Gasteiger partial charge is 0.337 e. The molecule has 0 aliphatic carbocycles. The van der Waals surface area contributed by atoms with Gasteiger partial charge in [0.05, 0.1) is 5.52 Å². The number of para-hydroxylation sites is 1. The fraction of sp³-hybridized carbons (Fsp3) is 0.357. The summed E-state index contributed by atoms with van der Waals surface area (Å²) in [4.78, 5) is 6.81. The predicted octanol–water partition coefficient (Wildman–Crippen LogP) is 0.768. The van der Waals surface area contributed by atoms with Crippen LogP contribution in [0.2, 0.25) is 0 Å². The third-order valence-electron chi connectivity index (χ3n) is 3.86. The maximum atomic E-state index is 4.62. The number of aromatic amines is 1. The average molecular weight is 283 g/mol. The van der Waals surface area contributed by atoms with Crippen molar-refractivity contribution in [2.45, 2.75) is 0 Å². The topological polar surface area (TPSA) is 74.7 Å². The first-order valence-electron chi connectivity index (χ1n) is 7.13. The molecule has 4 rings (SSSR count). The molecule has 1 aliphatic heterocycles. The van der Waals surface area contributed by atoms with Gasteiger partial charge in [-0.3, -0.25) is 9.78 Å². The summed E-state index contributed by atoms with van der Waals surface area (Å²) in [5.41, 5.74) is 1.94. The van der Waals surface area contributed by atoms with Crippen LogP contribution in [0.25, 0.3) is 22.4 Å². The predicted molar refractivity (Wildman–Crippen MR) is 81.2 cm³/mol. The molecule has 1 fully saturated rings. The van der Waals surface area contributed by atoms with Crippen LogP contribution in [-0.2, 0) is 7.05 Å². The number of aromatic nitrogens is 5. The molecule has 0 radical (unpaired) electrons. The summed E-state index contributed by atoms with van der Waals surface area (Å²) >= 11 is 0. The van der Waals surface area contributed by atoms with Crippen LogP contribution < -0.4 is 10.2 Å². The van der Waals surface area contributed by atoms with Gasteiger partial charge < -0.3 is 10.2 Å². The van der Waals surface area contributed by atoms with E-state index >= 15 is 0 Å². The second-order valence-electron chi connectivity index (χ2n) is 5.21. The number of nitrogens with zero attached hydrogens (tertiary/aromatic N) is 5. The molecule has 2 N–H and O–H groups in total. The Balaban J connectivity index is 1.74. The quantitative estimate of drug-likeness (QED) is 0.726. The molecule has 0 saturated carbocycles. The van der Waals surface area contributed by atoms with E-state index in [0.29, 0.717) is 0 Å². The summed E-state index contributed by atoms with van der Waals surface area (Å²) in [6.45, 7) is 3.80. The van der Waals surface area contributed by atoms with Gasteiger partial charge >= 0.3 is 0 Å². The molecule has 1 saturated heterocycles. The minimum Gasteiger partial charge on any atom is -0.337 e. The first-order chi connectivity index (χ1) is 10.3. The van der Waals surface area contributed by atoms with Gasteiger partial charge in [-0.25, -0.2) is 0 Å². The number of aryl methyl sites for hydroxylation is 1. The van der Waals surface area contributed by atoms with Crippen molar-refractivity contribution in [2.75, 3.05) is 31.1 Å². The SMILES string of the molecule is Cn1nc(-c2nc(N3CCNCC3)n[nH]2)c2ccccc21. The van der Waals surface area contributed by atoms with Gasteiger partial charge in [-0.1, -0.05) is 18.2 Å². The Kier molecular flexibility index (Phi) is 2.85. The van der Waals surface area contributed by atoms with Crippen molar-refractivity contribution >= 4 is 16.9 Å². The van der Waals surface area contributed by atoms with Crippen LogP contribution in [0.3, 0.4) is 0 Å². The molecule has 0 bridgehead atoms. The second kappa shape index (κ2) is 4.85. The monoisotopic (exact) mass is 283 g/mol. The molecule has 0 atom stereocenters. The van der Waals surface area contributed by atoms with Gasteiger partial charge in [0.2, 0.25) is 5.95 Å². The van der Waals surface area contributed by atoms with Crippen molar-refractivity contribution < 1.29 is 0 Å². The van der Waals surface area contributed by atoms with Gasteiger partial charge in [0.15, 0.2) is 5.82 Å². The maximum absolute atomic E-state index is 4.62. The van der Waals surface area contributed by atoms with Crippen LogP contribution in [0, 0.1) is 0 Å². The molecule has 108 valence electrons. The van der Waals surface area contributed by atoms with Gasteiger partial charge in [-0.05, 0) is 6.07 Å². The first-order valence-corrected chi connectivity index (χ1v) is 7.13. The van der Waals surface area contributed by atoms with E-state index in [2.05, 4.69) is 42.6 Å². The molecule has 3 aromatic rings. The van der Waals surface area contributed by atoms with E-state index in [9.17, 15) is 0 Å². The minimum absolute atomic E-state index is 0.723. The van der Waals surface area contributed by atoms with E-state index in [1.807, 2.05) is 23.9 Å². The number of piperazine rings is 1. The van der Waals surface area contributed by atoms with Crippen molar-refractivity contribution in [1.29, 1.82) is 0 Å². The number of nitrogens with one attached hydrogen (secondary N) is 2. The number of hydrogen-bond donors (Lipinski definition) is 2. The summed E-state index contributed by atoms with van der Waals surface area (Å²) < 4.78 is 1.87. The molecule has 0 spiro atoms. The highest BCUT2D eigenvalue weighted by Gasteiger charge is 2.18. The van der Waals surface area contributed by atoms with Crippen LogP contribution in [0.15, 0.2) is 24.3 Å². The Hall–Kier alpha value is -2.41. The number of anilines is 1. The average Bonchev–Trinajstić information content (AvgIpc) is 3.14. The maximum Gasteiger partial charge on any atom is 0.245 e. The van der Waals surface area contributed by atoms with Crippen molar-refractivity contribution in [3.05, 3.63) is 24.3 Å². The lowest BCUT2D eigenvalue weighted by molar-refractivity contribution is 0.580. The first kappa shape index (κ1) is 12.3. The van der Waals surface area contributed by atoms with E-state index in [0.717, 1.165) is 54.5 Å². The third-order valence-corrected chi connectivity index (χ3v) is 3.86. The second-order valence-corrected chi connectivity index (χ2v) is 5.21. The lowest BCUT2D eigenvalue weighted by Crippen LogP contribution is -2.44. The van der Waals surface area contributed by atoms with E-state index in [1.165, 1.54) is 0 Å². The van der Waals surface area contributed by atoms with E-state index < -0.39 is 0 Å². The van der Waals surface area contributed by atoms with E-state index in [1.54, 1.807) is 0 Å².